The molecule has 82 valence electrons. The Hall–Kier alpha value is -1.92. The number of halogens is 2. The van der Waals surface area contributed by atoms with Gasteiger partial charge in [0, 0.05) is 0 Å². The number of ether oxygens (including phenoxy) is 1. The SMILES string of the molecule is COc1c(C(F)F)cc(N)nc1C(=O)O. The molecule has 0 fully saturated rings. The fraction of sp³-hybridized carbons (Fsp3) is 0.250. The van der Waals surface area contributed by atoms with Crippen LogP contribution in [0.2, 0.25) is 0 Å². The van der Waals surface area contributed by atoms with Gasteiger partial charge in [0.05, 0.1) is 12.7 Å². The summed E-state index contributed by atoms with van der Waals surface area (Å²) in [6.45, 7) is 0. The Morgan fingerprint density at radius 3 is 2.67 bits per heavy atom. The molecule has 0 aliphatic heterocycles. The molecule has 1 heterocycles. The van der Waals surface area contributed by atoms with E-state index >= 15 is 0 Å². The maximum Gasteiger partial charge on any atom is 0.358 e. The molecule has 0 spiro atoms. The number of alkyl halides is 2. The van der Waals surface area contributed by atoms with Crippen LogP contribution in [0.3, 0.4) is 0 Å². The normalized spacial score (nSPS) is 10.4. The van der Waals surface area contributed by atoms with Crippen molar-refractivity contribution < 1.29 is 23.4 Å². The van der Waals surface area contributed by atoms with Crippen LogP contribution in [0, 0.1) is 0 Å². The molecule has 0 radical (unpaired) electrons. The Labute approximate surface area is 83.5 Å². The lowest BCUT2D eigenvalue weighted by molar-refractivity contribution is 0.0685. The molecule has 0 bridgehead atoms. The quantitative estimate of drug-likeness (QED) is 0.798. The third-order valence-corrected chi connectivity index (χ3v) is 1.66. The van der Waals surface area contributed by atoms with Gasteiger partial charge in [-0.05, 0) is 6.07 Å². The third kappa shape index (κ3) is 2.12. The minimum Gasteiger partial charge on any atom is -0.494 e. The van der Waals surface area contributed by atoms with Crippen molar-refractivity contribution in [2.24, 2.45) is 0 Å². The fourth-order valence-electron chi connectivity index (χ4n) is 1.10. The van der Waals surface area contributed by atoms with E-state index in [-0.39, 0.29) is 5.82 Å². The zero-order valence-electron chi connectivity index (χ0n) is 7.70. The number of hydrogen-bond acceptors (Lipinski definition) is 4. The predicted molar refractivity (Wildman–Crippen MR) is 47.1 cm³/mol. The van der Waals surface area contributed by atoms with E-state index in [1.54, 1.807) is 0 Å². The first-order valence-corrected chi connectivity index (χ1v) is 3.83. The molecule has 1 aromatic rings. The summed E-state index contributed by atoms with van der Waals surface area (Å²) >= 11 is 0. The van der Waals surface area contributed by atoms with Crippen LogP contribution in [-0.2, 0) is 0 Å². The van der Waals surface area contributed by atoms with E-state index in [2.05, 4.69) is 9.72 Å². The van der Waals surface area contributed by atoms with E-state index in [4.69, 9.17) is 10.8 Å². The van der Waals surface area contributed by atoms with Crippen molar-refractivity contribution in [3.05, 3.63) is 17.3 Å². The number of anilines is 1. The van der Waals surface area contributed by atoms with E-state index in [0.29, 0.717) is 0 Å². The number of pyridine rings is 1. The topological polar surface area (TPSA) is 85.4 Å². The monoisotopic (exact) mass is 218 g/mol. The maximum atomic E-state index is 12.5. The van der Waals surface area contributed by atoms with Gasteiger partial charge in [-0.25, -0.2) is 18.6 Å². The highest BCUT2D eigenvalue weighted by Gasteiger charge is 2.23. The third-order valence-electron chi connectivity index (χ3n) is 1.66. The van der Waals surface area contributed by atoms with Crippen LogP contribution in [0.1, 0.15) is 22.5 Å². The van der Waals surface area contributed by atoms with E-state index in [1.165, 1.54) is 0 Å². The Bertz CT molecular complexity index is 396. The number of methoxy groups -OCH3 is 1. The summed E-state index contributed by atoms with van der Waals surface area (Å²) in [7, 11) is 1.09. The largest absolute Gasteiger partial charge is 0.494 e. The summed E-state index contributed by atoms with van der Waals surface area (Å²) in [4.78, 5) is 14.1. The molecule has 0 aromatic carbocycles. The highest BCUT2D eigenvalue weighted by Crippen LogP contribution is 2.32. The van der Waals surface area contributed by atoms with Crippen molar-refractivity contribution in [1.82, 2.24) is 4.98 Å². The summed E-state index contributed by atoms with van der Waals surface area (Å²) in [5.74, 6) is -2.23. The first-order chi connectivity index (χ1) is 6.97. The van der Waals surface area contributed by atoms with E-state index in [0.717, 1.165) is 13.2 Å². The van der Waals surface area contributed by atoms with Crippen LogP contribution in [0.4, 0.5) is 14.6 Å². The zero-order chi connectivity index (χ0) is 11.6. The molecule has 0 unspecified atom stereocenters. The van der Waals surface area contributed by atoms with Gasteiger partial charge in [-0.3, -0.25) is 0 Å². The number of nitrogens with zero attached hydrogens (tertiary/aromatic N) is 1. The summed E-state index contributed by atoms with van der Waals surface area (Å²) in [6.07, 6.45) is -2.87. The number of nitrogen functional groups attached to an aromatic ring is 1. The molecule has 0 aliphatic carbocycles. The van der Waals surface area contributed by atoms with Crippen LogP contribution in [0.15, 0.2) is 6.07 Å². The van der Waals surface area contributed by atoms with Gasteiger partial charge < -0.3 is 15.6 Å². The molecule has 0 atom stereocenters. The van der Waals surface area contributed by atoms with Gasteiger partial charge in [0.25, 0.3) is 6.43 Å². The lowest BCUT2D eigenvalue weighted by Crippen LogP contribution is -2.09. The first-order valence-electron chi connectivity index (χ1n) is 3.83. The Balaban J connectivity index is 3.45. The molecule has 1 aromatic heterocycles. The van der Waals surface area contributed by atoms with Crippen LogP contribution in [0.25, 0.3) is 0 Å². The number of nitrogens with two attached hydrogens (primary N) is 1. The van der Waals surface area contributed by atoms with Crippen molar-refractivity contribution in [3.8, 4) is 5.75 Å². The highest BCUT2D eigenvalue weighted by atomic mass is 19.3. The molecule has 15 heavy (non-hydrogen) atoms. The summed E-state index contributed by atoms with van der Waals surface area (Å²) in [6, 6.07) is 0.885. The molecule has 0 saturated heterocycles. The number of rotatable bonds is 3. The summed E-state index contributed by atoms with van der Waals surface area (Å²) in [5.41, 5.74) is 4.00. The molecular weight excluding hydrogens is 210 g/mol. The number of aromatic nitrogens is 1. The van der Waals surface area contributed by atoms with Crippen molar-refractivity contribution in [3.63, 3.8) is 0 Å². The highest BCUT2D eigenvalue weighted by molar-refractivity contribution is 5.89. The van der Waals surface area contributed by atoms with Gasteiger partial charge in [0.15, 0.2) is 11.4 Å². The smallest absolute Gasteiger partial charge is 0.358 e. The van der Waals surface area contributed by atoms with Crippen LogP contribution < -0.4 is 10.5 Å². The van der Waals surface area contributed by atoms with Crippen LogP contribution in [-0.4, -0.2) is 23.2 Å². The molecule has 1 rings (SSSR count). The lowest BCUT2D eigenvalue weighted by atomic mass is 10.2. The van der Waals surface area contributed by atoms with Gasteiger partial charge in [0.1, 0.15) is 5.82 Å². The molecular formula is C8H8F2N2O3. The number of carbonyl (C=O) groups is 1. The van der Waals surface area contributed by atoms with Gasteiger partial charge in [0.2, 0.25) is 0 Å². The molecule has 7 heteroatoms. The van der Waals surface area contributed by atoms with Crippen molar-refractivity contribution in [2.45, 2.75) is 6.43 Å². The minimum absolute atomic E-state index is 0.288. The molecule has 0 amide bonds. The Kier molecular flexibility index (Phi) is 3.03. The second-order valence-corrected chi connectivity index (χ2v) is 2.62. The zero-order valence-corrected chi connectivity index (χ0v) is 7.70. The number of aromatic carboxylic acids is 1. The van der Waals surface area contributed by atoms with Gasteiger partial charge in [-0.1, -0.05) is 0 Å². The van der Waals surface area contributed by atoms with Crippen LogP contribution in [0.5, 0.6) is 5.75 Å². The van der Waals surface area contributed by atoms with Gasteiger partial charge in [-0.2, -0.15) is 0 Å². The van der Waals surface area contributed by atoms with Crippen molar-refractivity contribution in [1.29, 1.82) is 0 Å². The fourth-order valence-corrected chi connectivity index (χ4v) is 1.10. The average molecular weight is 218 g/mol. The molecule has 5 nitrogen and oxygen atoms in total. The minimum atomic E-state index is -2.87. The van der Waals surface area contributed by atoms with Crippen molar-refractivity contribution >= 4 is 11.8 Å². The predicted octanol–water partition coefficient (Wildman–Crippen LogP) is 1.31. The maximum absolute atomic E-state index is 12.5. The number of carboxylic acids is 1. The molecule has 0 saturated carbocycles. The molecule has 0 aliphatic rings. The Morgan fingerprint density at radius 2 is 2.27 bits per heavy atom. The average Bonchev–Trinajstić information content (AvgIpc) is 2.16. The second kappa shape index (κ2) is 4.07. The number of hydrogen-bond donors (Lipinski definition) is 2. The van der Waals surface area contributed by atoms with E-state index in [9.17, 15) is 13.6 Å². The first kappa shape index (κ1) is 11.2. The van der Waals surface area contributed by atoms with E-state index in [1.807, 2.05) is 0 Å². The molecule has 3 N–H and O–H groups in total. The Morgan fingerprint density at radius 1 is 1.67 bits per heavy atom. The second-order valence-electron chi connectivity index (χ2n) is 2.62. The van der Waals surface area contributed by atoms with Crippen molar-refractivity contribution in [2.75, 3.05) is 12.8 Å². The summed E-state index contributed by atoms with van der Waals surface area (Å²) < 4.78 is 29.5. The number of carboxylic acid groups (broad SMARTS) is 1. The van der Waals surface area contributed by atoms with E-state index < -0.39 is 29.4 Å². The standard InChI is InChI=1S/C8H8F2N2O3/c1-15-6-3(7(9)10)2-4(11)12-5(6)8(13)14/h2,7H,1H3,(H2,11,12)(H,13,14). The van der Waals surface area contributed by atoms with Gasteiger partial charge >= 0.3 is 5.97 Å². The van der Waals surface area contributed by atoms with Crippen LogP contribution >= 0.6 is 0 Å². The summed E-state index contributed by atoms with van der Waals surface area (Å²) in [5, 5.41) is 8.68. The van der Waals surface area contributed by atoms with Gasteiger partial charge in [-0.15, -0.1) is 0 Å². The lowest BCUT2D eigenvalue weighted by Gasteiger charge is -2.10.